The lowest BCUT2D eigenvalue weighted by atomic mass is 9.92. The Bertz CT molecular complexity index is 874. The molecule has 0 aliphatic carbocycles. The smallest absolute Gasteiger partial charge is 0.387 e. The molecule has 3 rings (SSSR count). The number of benzene rings is 2. The largest absolute Gasteiger partial charge is 0.494 e. The molecule has 9 heteroatoms. The molecule has 0 bridgehead atoms. The fourth-order valence-corrected chi connectivity index (χ4v) is 3.01. The Kier molecular flexibility index (Phi) is 5.95. The Hall–Kier alpha value is -3.23. The predicted octanol–water partition coefficient (Wildman–Crippen LogP) is 3.66. The highest BCUT2D eigenvalue weighted by molar-refractivity contribution is 6.07. The number of carbonyl (C=O) groups excluding carboxylic acids is 2. The first kappa shape index (κ1) is 20.5. The van der Waals surface area contributed by atoms with Crippen molar-refractivity contribution in [3.05, 3.63) is 59.9 Å². The molecule has 0 saturated carbocycles. The van der Waals surface area contributed by atoms with Crippen LogP contribution in [-0.2, 0) is 10.3 Å². The number of alkyl halides is 2. The predicted molar refractivity (Wildman–Crippen MR) is 97.2 cm³/mol. The number of urea groups is 1. The van der Waals surface area contributed by atoms with Gasteiger partial charge in [0.15, 0.2) is 0 Å². The van der Waals surface area contributed by atoms with E-state index < -0.39 is 24.1 Å². The third-order valence-electron chi connectivity index (χ3n) is 4.54. The second-order valence-corrected chi connectivity index (χ2v) is 6.57. The molecule has 1 saturated heterocycles. The van der Waals surface area contributed by atoms with Gasteiger partial charge in [0.1, 0.15) is 22.9 Å². The van der Waals surface area contributed by atoms with E-state index in [9.17, 15) is 22.8 Å². The van der Waals surface area contributed by atoms with Gasteiger partial charge in [-0.3, -0.25) is 9.69 Å². The Morgan fingerprint density at radius 3 is 2.28 bits per heavy atom. The minimum atomic E-state index is -2.95. The zero-order valence-electron chi connectivity index (χ0n) is 15.5. The lowest BCUT2D eigenvalue weighted by molar-refractivity contribution is -0.131. The van der Waals surface area contributed by atoms with E-state index >= 15 is 0 Å². The van der Waals surface area contributed by atoms with Gasteiger partial charge < -0.3 is 14.8 Å². The van der Waals surface area contributed by atoms with Crippen LogP contribution < -0.4 is 14.8 Å². The van der Waals surface area contributed by atoms with Gasteiger partial charge in [0, 0.05) is 6.54 Å². The number of ether oxygens (including phenoxy) is 2. The molecule has 1 heterocycles. The van der Waals surface area contributed by atoms with E-state index in [0.717, 1.165) is 4.90 Å². The van der Waals surface area contributed by atoms with Crippen LogP contribution in [0.5, 0.6) is 11.5 Å². The van der Waals surface area contributed by atoms with Gasteiger partial charge in [0.05, 0.1) is 6.61 Å². The Balaban J connectivity index is 1.58. The van der Waals surface area contributed by atoms with Gasteiger partial charge in [0.2, 0.25) is 0 Å². The van der Waals surface area contributed by atoms with Gasteiger partial charge in [-0.2, -0.15) is 8.78 Å². The Morgan fingerprint density at radius 2 is 1.66 bits per heavy atom. The van der Waals surface area contributed by atoms with E-state index in [1.807, 2.05) is 0 Å². The second-order valence-electron chi connectivity index (χ2n) is 6.57. The third kappa shape index (κ3) is 4.61. The van der Waals surface area contributed by atoms with Gasteiger partial charge >= 0.3 is 12.6 Å². The van der Waals surface area contributed by atoms with Gasteiger partial charge in [-0.1, -0.05) is 12.1 Å². The quantitative estimate of drug-likeness (QED) is 0.535. The topological polar surface area (TPSA) is 67.9 Å². The maximum Gasteiger partial charge on any atom is 0.387 e. The van der Waals surface area contributed by atoms with Crippen molar-refractivity contribution in [2.45, 2.75) is 25.5 Å². The van der Waals surface area contributed by atoms with Crippen molar-refractivity contribution in [3.63, 3.8) is 0 Å². The summed E-state index contributed by atoms with van der Waals surface area (Å²) in [7, 11) is 0. The summed E-state index contributed by atoms with van der Waals surface area (Å²) < 4.78 is 47.2. The highest BCUT2D eigenvalue weighted by Gasteiger charge is 2.48. The molecule has 1 aliphatic heterocycles. The monoisotopic (exact) mass is 408 g/mol. The first-order valence-electron chi connectivity index (χ1n) is 8.87. The number of hydrogen-bond donors (Lipinski definition) is 1. The highest BCUT2D eigenvalue weighted by atomic mass is 19.3. The first-order chi connectivity index (χ1) is 13.8. The number of imide groups is 1. The van der Waals surface area contributed by atoms with Gasteiger partial charge in [-0.15, -0.1) is 0 Å². The minimum absolute atomic E-state index is 0.0427. The van der Waals surface area contributed by atoms with Crippen LogP contribution in [-0.4, -0.2) is 36.6 Å². The molecule has 1 fully saturated rings. The lowest BCUT2D eigenvalue weighted by Crippen LogP contribution is -2.41. The number of hydrogen-bond acceptors (Lipinski definition) is 4. The van der Waals surface area contributed by atoms with Crippen molar-refractivity contribution in [1.82, 2.24) is 10.2 Å². The molecule has 1 aliphatic rings. The van der Waals surface area contributed by atoms with Crippen molar-refractivity contribution < 1.29 is 32.2 Å². The molecular weight excluding hydrogens is 389 g/mol. The number of rotatable bonds is 8. The maximum absolute atomic E-state index is 12.9. The summed E-state index contributed by atoms with van der Waals surface area (Å²) in [5.41, 5.74) is -0.860. The van der Waals surface area contributed by atoms with Crippen LogP contribution in [0.15, 0.2) is 48.5 Å². The molecular formula is C20H19F3N2O4. The van der Waals surface area contributed by atoms with E-state index in [2.05, 4.69) is 10.1 Å². The molecule has 0 aromatic heterocycles. The number of nitrogens with zero attached hydrogens (tertiary/aromatic N) is 1. The third-order valence-corrected chi connectivity index (χ3v) is 4.54. The zero-order valence-corrected chi connectivity index (χ0v) is 15.5. The standard InChI is InChI=1S/C20H19F3N2O4/c1-20(13-3-7-16(8-4-13)29-18(22)23)17(26)25(19(27)24-20)11-2-12-28-15-9-5-14(21)6-10-15/h3-10,18H,2,11-12H2,1H3,(H,24,27). The Morgan fingerprint density at radius 1 is 1.03 bits per heavy atom. The SMILES string of the molecule is CC1(c2ccc(OC(F)F)cc2)NC(=O)N(CCCOc2ccc(F)cc2)C1=O. The molecule has 0 spiro atoms. The first-order valence-corrected chi connectivity index (χ1v) is 8.87. The van der Waals surface area contributed by atoms with Crippen molar-refractivity contribution >= 4 is 11.9 Å². The fourth-order valence-electron chi connectivity index (χ4n) is 3.01. The second kappa shape index (κ2) is 8.42. The van der Waals surface area contributed by atoms with Gasteiger partial charge in [-0.05, 0) is 55.3 Å². The molecule has 1 atom stereocenters. The molecule has 6 nitrogen and oxygen atoms in total. The van der Waals surface area contributed by atoms with E-state index in [1.165, 1.54) is 48.5 Å². The Labute approximate surface area is 165 Å². The van der Waals surface area contributed by atoms with E-state index in [0.29, 0.717) is 17.7 Å². The molecule has 3 amide bonds. The normalized spacial score (nSPS) is 18.9. The number of amides is 3. The van der Waals surface area contributed by atoms with Crippen molar-refractivity contribution in [2.75, 3.05) is 13.2 Å². The molecule has 0 radical (unpaired) electrons. The molecule has 154 valence electrons. The summed E-state index contributed by atoms with van der Waals surface area (Å²) in [6.07, 6.45) is 0.383. The zero-order chi connectivity index (χ0) is 21.0. The maximum atomic E-state index is 12.9. The minimum Gasteiger partial charge on any atom is -0.494 e. The lowest BCUT2D eigenvalue weighted by Gasteiger charge is -2.22. The number of halogens is 3. The van der Waals surface area contributed by atoms with Crippen molar-refractivity contribution in [2.24, 2.45) is 0 Å². The van der Waals surface area contributed by atoms with Crippen molar-refractivity contribution in [3.8, 4) is 11.5 Å². The highest BCUT2D eigenvalue weighted by Crippen LogP contribution is 2.30. The van der Waals surface area contributed by atoms with Gasteiger partial charge in [-0.25, -0.2) is 9.18 Å². The molecule has 2 aromatic rings. The summed E-state index contributed by atoms with van der Waals surface area (Å²) in [5.74, 6) is -0.380. The van der Waals surface area contributed by atoms with Crippen LogP contribution in [0.1, 0.15) is 18.9 Å². The van der Waals surface area contributed by atoms with Crippen LogP contribution in [0.2, 0.25) is 0 Å². The molecule has 29 heavy (non-hydrogen) atoms. The summed E-state index contributed by atoms with van der Waals surface area (Å²) in [5, 5.41) is 2.64. The average Bonchev–Trinajstić information content (AvgIpc) is 2.90. The van der Waals surface area contributed by atoms with E-state index in [4.69, 9.17) is 4.74 Å². The summed E-state index contributed by atoms with van der Waals surface area (Å²) in [6, 6.07) is 10.5. The summed E-state index contributed by atoms with van der Waals surface area (Å²) >= 11 is 0. The van der Waals surface area contributed by atoms with Crippen LogP contribution in [0.25, 0.3) is 0 Å². The number of carbonyl (C=O) groups is 2. The van der Waals surface area contributed by atoms with Crippen LogP contribution in [0, 0.1) is 5.82 Å². The molecule has 2 aromatic carbocycles. The van der Waals surface area contributed by atoms with E-state index in [1.54, 1.807) is 6.92 Å². The average molecular weight is 408 g/mol. The summed E-state index contributed by atoms with van der Waals surface area (Å²) in [6.45, 7) is -1.03. The van der Waals surface area contributed by atoms with Crippen LogP contribution in [0.4, 0.5) is 18.0 Å². The van der Waals surface area contributed by atoms with Crippen LogP contribution in [0.3, 0.4) is 0 Å². The van der Waals surface area contributed by atoms with E-state index in [-0.39, 0.29) is 24.7 Å². The summed E-state index contributed by atoms with van der Waals surface area (Å²) in [4.78, 5) is 26.2. The van der Waals surface area contributed by atoms with Gasteiger partial charge in [0.25, 0.3) is 5.91 Å². The fraction of sp³-hybridized carbons (Fsp3) is 0.300. The number of nitrogens with one attached hydrogen (secondary N) is 1. The molecule has 1 unspecified atom stereocenters. The van der Waals surface area contributed by atoms with Crippen LogP contribution >= 0.6 is 0 Å². The van der Waals surface area contributed by atoms with Crippen molar-refractivity contribution in [1.29, 1.82) is 0 Å². The molecule has 1 N–H and O–H groups in total.